The predicted molar refractivity (Wildman–Crippen MR) is 85.8 cm³/mol. The van der Waals surface area contributed by atoms with E-state index in [4.69, 9.17) is 15.2 Å². The minimum absolute atomic E-state index is 0.105. The zero-order chi connectivity index (χ0) is 15.9. The minimum Gasteiger partial charge on any atom is -0.489 e. The minimum atomic E-state index is -0.463. The molecular weight excluding hydrogens is 280 g/mol. The number of para-hydroxylation sites is 1. The fourth-order valence-electron chi connectivity index (χ4n) is 2.60. The van der Waals surface area contributed by atoms with E-state index >= 15 is 0 Å². The summed E-state index contributed by atoms with van der Waals surface area (Å²) in [6, 6.07) is 7.38. The summed E-state index contributed by atoms with van der Waals surface area (Å²) in [5.41, 5.74) is 7.13. The van der Waals surface area contributed by atoms with Gasteiger partial charge in [-0.15, -0.1) is 0 Å². The van der Waals surface area contributed by atoms with E-state index in [1.165, 1.54) is 0 Å². The van der Waals surface area contributed by atoms with Gasteiger partial charge < -0.3 is 20.5 Å². The Hall–Kier alpha value is -1.59. The standard InChI is InChI=1S/C17H26N2O3/c1-12-5-3-4-6-15(12)22-13(2)11-19-17(20)16(18)14-7-9-21-10-8-14/h3-6,13-14,16H,7-11,18H2,1-2H3,(H,19,20). The SMILES string of the molecule is Cc1ccccc1OC(C)CNC(=O)C(N)C1CCOCC1. The zero-order valence-corrected chi connectivity index (χ0v) is 13.4. The average molecular weight is 306 g/mol. The predicted octanol–water partition coefficient (Wildman–Crippen LogP) is 1.63. The van der Waals surface area contributed by atoms with Crippen LogP contribution in [0.1, 0.15) is 25.3 Å². The van der Waals surface area contributed by atoms with Crippen LogP contribution in [0, 0.1) is 12.8 Å². The molecule has 5 nitrogen and oxygen atoms in total. The van der Waals surface area contributed by atoms with Crippen LogP contribution in [0.3, 0.4) is 0 Å². The lowest BCUT2D eigenvalue weighted by molar-refractivity contribution is -0.124. The summed E-state index contributed by atoms with van der Waals surface area (Å²) in [5, 5.41) is 2.89. The summed E-state index contributed by atoms with van der Waals surface area (Å²) in [4.78, 5) is 12.1. The highest BCUT2D eigenvalue weighted by Gasteiger charge is 2.26. The molecule has 2 unspecified atom stereocenters. The lowest BCUT2D eigenvalue weighted by Gasteiger charge is -2.27. The van der Waals surface area contributed by atoms with E-state index < -0.39 is 6.04 Å². The number of hydrogen-bond acceptors (Lipinski definition) is 4. The van der Waals surface area contributed by atoms with Crippen molar-refractivity contribution in [2.24, 2.45) is 11.7 Å². The molecule has 1 aliphatic heterocycles. The van der Waals surface area contributed by atoms with E-state index in [0.29, 0.717) is 19.8 Å². The lowest BCUT2D eigenvalue weighted by atomic mass is 9.92. The van der Waals surface area contributed by atoms with E-state index in [-0.39, 0.29) is 17.9 Å². The van der Waals surface area contributed by atoms with Gasteiger partial charge in [-0.1, -0.05) is 18.2 Å². The normalized spacial score (nSPS) is 18.5. The van der Waals surface area contributed by atoms with Gasteiger partial charge in [-0.3, -0.25) is 4.79 Å². The van der Waals surface area contributed by atoms with Crippen LogP contribution in [0.15, 0.2) is 24.3 Å². The second kappa shape index (κ2) is 8.15. The first-order valence-electron chi connectivity index (χ1n) is 7.91. The number of amides is 1. The van der Waals surface area contributed by atoms with E-state index in [1.807, 2.05) is 38.1 Å². The first kappa shape index (κ1) is 16.8. The number of carbonyl (C=O) groups is 1. The molecule has 122 valence electrons. The lowest BCUT2D eigenvalue weighted by Crippen LogP contribution is -2.48. The van der Waals surface area contributed by atoms with Gasteiger partial charge in [0.15, 0.2) is 0 Å². The van der Waals surface area contributed by atoms with Crippen LogP contribution >= 0.6 is 0 Å². The monoisotopic (exact) mass is 306 g/mol. The number of nitrogens with two attached hydrogens (primary N) is 1. The van der Waals surface area contributed by atoms with Crippen LogP contribution in [-0.2, 0) is 9.53 Å². The Balaban J connectivity index is 1.76. The van der Waals surface area contributed by atoms with E-state index in [0.717, 1.165) is 24.2 Å². The van der Waals surface area contributed by atoms with E-state index in [1.54, 1.807) is 0 Å². The smallest absolute Gasteiger partial charge is 0.237 e. The molecule has 0 radical (unpaired) electrons. The highest BCUT2D eigenvalue weighted by atomic mass is 16.5. The molecule has 0 aromatic heterocycles. The number of hydrogen-bond donors (Lipinski definition) is 2. The molecule has 1 fully saturated rings. The molecule has 2 rings (SSSR count). The number of nitrogens with one attached hydrogen (secondary N) is 1. The third kappa shape index (κ3) is 4.71. The molecule has 1 aliphatic rings. The van der Waals surface area contributed by atoms with Crippen molar-refractivity contribution >= 4 is 5.91 Å². The molecule has 1 aromatic carbocycles. The molecule has 3 N–H and O–H groups in total. The molecule has 22 heavy (non-hydrogen) atoms. The summed E-state index contributed by atoms with van der Waals surface area (Å²) < 4.78 is 11.1. The Morgan fingerprint density at radius 2 is 2.09 bits per heavy atom. The van der Waals surface area contributed by atoms with Crippen molar-refractivity contribution in [3.05, 3.63) is 29.8 Å². The largest absolute Gasteiger partial charge is 0.489 e. The number of aryl methyl sites for hydroxylation is 1. The van der Waals surface area contributed by atoms with Crippen molar-refractivity contribution in [1.82, 2.24) is 5.32 Å². The molecule has 1 aromatic rings. The fraction of sp³-hybridized carbons (Fsp3) is 0.588. The topological polar surface area (TPSA) is 73.6 Å². The zero-order valence-electron chi connectivity index (χ0n) is 13.4. The van der Waals surface area contributed by atoms with Gasteiger partial charge >= 0.3 is 0 Å². The molecule has 0 saturated carbocycles. The Morgan fingerprint density at radius 1 is 1.41 bits per heavy atom. The molecule has 0 bridgehead atoms. The maximum Gasteiger partial charge on any atom is 0.237 e. The summed E-state index contributed by atoms with van der Waals surface area (Å²) in [7, 11) is 0. The summed E-state index contributed by atoms with van der Waals surface area (Å²) >= 11 is 0. The first-order valence-corrected chi connectivity index (χ1v) is 7.91. The second-order valence-electron chi connectivity index (χ2n) is 5.91. The average Bonchev–Trinajstić information content (AvgIpc) is 2.55. The highest BCUT2D eigenvalue weighted by molar-refractivity contribution is 5.81. The van der Waals surface area contributed by atoms with Crippen LogP contribution in [0.25, 0.3) is 0 Å². The summed E-state index contributed by atoms with van der Waals surface area (Å²) in [5.74, 6) is 0.950. The van der Waals surface area contributed by atoms with Gasteiger partial charge in [-0.25, -0.2) is 0 Å². The van der Waals surface area contributed by atoms with Gasteiger partial charge in [0.25, 0.3) is 0 Å². The molecule has 0 aliphatic carbocycles. The number of carbonyl (C=O) groups excluding carboxylic acids is 1. The summed E-state index contributed by atoms with van der Waals surface area (Å²) in [6.07, 6.45) is 1.60. The van der Waals surface area contributed by atoms with Gasteiger partial charge in [-0.05, 0) is 44.2 Å². The van der Waals surface area contributed by atoms with E-state index in [9.17, 15) is 4.79 Å². The van der Waals surface area contributed by atoms with Crippen molar-refractivity contribution in [1.29, 1.82) is 0 Å². The Kier molecular flexibility index (Phi) is 6.21. The van der Waals surface area contributed by atoms with Crippen LogP contribution in [0.5, 0.6) is 5.75 Å². The third-order valence-electron chi connectivity index (χ3n) is 4.06. The molecule has 2 atom stereocenters. The van der Waals surface area contributed by atoms with Crippen molar-refractivity contribution < 1.29 is 14.3 Å². The maximum absolute atomic E-state index is 12.1. The second-order valence-corrected chi connectivity index (χ2v) is 5.91. The number of benzene rings is 1. The first-order chi connectivity index (χ1) is 10.6. The van der Waals surface area contributed by atoms with Crippen LogP contribution in [-0.4, -0.2) is 37.8 Å². The molecular formula is C17H26N2O3. The van der Waals surface area contributed by atoms with Crippen LogP contribution < -0.4 is 15.8 Å². The van der Waals surface area contributed by atoms with Crippen molar-refractivity contribution in [2.75, 3.05) is 19.8 Å². The Morgan fingerprint density at radius 3 is 2.77 bits per heavy atom. The highest BCUT2D eigenvalue weighted by Crippen LogP contribution is 2.18. The quantitative estimate of drug-likeness (QED) is 0.838. The third-order valence-corrected chi connectivity index (χ3v) is 4.06. The maximum atomic E-state index is 12.1. The van der Waals surface area contributed by atoms with Crippen LogP contribution in [0.2, 0.25) is 0 Å². The van der Waals surface area contributed by atoms with Gasteiger partial charge in [0.2, 0.25) is 5.91 Å². The van der Waals surface area contributed by atoms with Crippen molar-refractivity contribution in [3.8, 4) is 5.75 Å². The molecule has 0 spiro atoms. The molecule has 1 heterocycles. The number of rotatable bonds is 6. The van der Waals surface area contributed by atoms with Gasteiger partial charge in [0.1, 0.15) is 11.9 Å². The molecule has 1 saturated heterocycles. The van der Waals surface area contributed by atoms with Gasteiger partial charge in [0.05, 0.1) is 12.6 Å². The number of ether oxygens (including phenoxy) is 2. The van der Waals surface area contributed by atoms with Crippen molar-refractivity contribution in [2.45, 2.75) is 38.8 Å². The van der Waals surface area contributed by atoms with Gasteiger partial charge in [-0.2, -0.15) is 0 Å². The summed E-state index contributed by atoms with van der Waals surface area (Å²) in [6.45, 7) is 5.77. The fourth-order valence-corrected chi connectivity index (χ4v) is 2.60. The Bertz CT molecular complexity index is 487. The van der Waals surface area contributed by atoms with E-state index in [2.05, 4.69) is 5.32 Å². The van der Waals surface area contributed by atoms with Crippen molar-refractivity contribution in [3.63, 3.8) is 0 Å². The Labute approximate surface area is 132 Å². The molecule has 5 heteroatoms. The molecule has 1 amide bonds. The van der Waals surface area contributed by atoms with Crippen LogP contribution in [0.4, 0.5) is 0 Å². The van der Waals surface area contributed by atoms with Gasteiger partial charge in [0, 0.05) is 13.2 Å².